The van der Waals surface area contributed by atoms with Gasteiger partial charge in [-0.15, -0.1) is 5.73 Å². The first kappa shape index (κ1) is 13.2. The van der Waals surface area contributed by atoms with Crippen LogP contribution >= 0.6 is 0 Å². The van der Waals surface area contributed by atoms with Gasteiger partial charge in [-0.1, -0.05) is 0 Å². The quantitative estimate of drug-likeness (QED) is 0.531. The van der Waals surface area contributed by atoms with Crippen molar-refractivity contribution < 1.29 is 18.3 Å². The summed E-state index contributed by atoms with van der Waals surface area (Å²) in [4.78, 5) is 13.3. The van der Waals surface area contributed by atoms with Gasteiger partial charge in [-0.3, -0.25) is 4.79 Å². The SMILES string of the molecule is CC(C)=C=CC(=O)N1CCOCC2(C1)CC2(F)F. The third-order valence-corrected chi connectivity index (χ3v) is 3.38. The van der Waals surface area contributed by atoms with E-state index in [0.717, 1.165) is 5.57 Å². The van der Waals surface area contributed by atoms with E-state index in [-0.39, 0.29) is 25.5 Å². The van der Waals surface area contributed by atoms with Crippen LogP contribution in [0.25, 0.3) is 0 Å². The Labute approximate surface area is 105 Å². The second-order valence-corrected chi connectivity index (χ2v) is 5.26. The van der Waals surface area contributed by atoms with Crippen molar-refractivity contribution in [3.63, 3.8) is 0 Å². The summed E-state index contributed by atoms with van der Waals surface area (Å²) < 4.78 is 31.9. The summed E-state index contributed by atoms with van der Waals surface area (Å²) in [5, 5.41) is 0. The van der Waals surface area contributed by atoms with Crippen LogP contribution in [0.1, 0.15) is 20.3 Å². The predicted octanol–water partition coefficient (Wildman–Crippen LogP) is 1.99. The maximum Gasteiger partial charge on any atom is 0.258 e. The topological polar surface area (TPSA) is 29.5 Å². The highest BCUT2D eigenvalue weighted by Gasteiger charge is 2.72. The van der Waals surface area contributed by atoms with Gasteiger partial charge in [-0.25, -0.2) is 8.78 Å². The molecule has 1 saturated carbocycles. The third kappa shape index (κ3) is 2.47. The van der Waals surface area contributed by atoms with Crippen LogP contribution < -0.4 is 0 Å². The molecule has 1 spiro atoms. The third-order valence-electron chi connectivity index (χ3n) is 3.38. The number of carbonyl (C=O) groups excluding carboxylic acids is 1. The van der Waals surface area contributed by atoms with Crippen LogP contribution in [0.3, 0.4) is 0 Å². The van der Waals surface area contributed by atoms with Gasteiger partial charge < -0.3 is 9.64 Å². The van der Waals surface area contributed by atoms with Crippen LogP contribution in [0.5, 0.6) is 0 Å². The molecule has 0 aromatic carbocycles. The second kappa shape index (κ2) is 4.48. The smallest absolute Gasteiger partial charge is 0.258 e. The molecule has 3 nitrogen and oxygen atoms in total. The van der Waals surface area contributed by atoms with Crippen LogP contribution in [0.15, 0.2) is 17.4 Å². The summed E-state index contributed by atoms with van der Waals surface area (Å²) in [7, 11) is 0. The summed E-state index contributed by atoms with van der Waals surface area (Å²) in [6.45, 7) is 4.43. The van der Waals surface area contributed by atoms with Gasteiger partial charge in [0.2, 0.25) is 0 Å². The number of halogens is 2. The van der Waals surface area contributed by atoms with E-state index < -0.39 is 11.3 Å². The summed E-state index contributed by atoms with van der Waals surface area (Å²) in [6.07, 6.45) is 1.13. The predicted molar refractivity (Wildman–Crippen MR) is 62.3 cm³/mol. The average molecular weight is 257 g/mol. The Morgan fingerprint density at radius 2 is 2.11 bits per heavy atom. The Hall–Kier alpha value is -1.19. The van der Waals surface area contributed by atoms with Crippen molar-refractivity contribution in [2.24, 2.45) is 5.41 Å². The summed E-state index contributed by atoms with van der Waals surface area (Å²) in [5.74, 6) is -2.97. The largest absolute Gasteiger partial charge is 0.379 e. The van der Waals surface area contributed by atoms with Gasteiger partial charge in [0.15, 0.2) is 0 Å². The standard InChI is InChI=1S/C13H17F2NO2/c1-10(2)3-4-11(17)16-5-6-18-9-12(8-16)7-13(12,14)15/h4H,5-9H2,1-2H3. The number of ether oxygens (including phenoxy) is 1. The van der Waals surface area contributed by atoms with Crippen LogP contribution in [-0.4, -0.2) is 43.0 Å². The fourth-order valence-electron chi connectivity index (χ4n) is 2.13. The highest BCUT2D eigenvalue weighted by atomic mass is 19.3. The molecule has 18 heavy (non-hydrogen) atoms. The van der Waals surface area contributed by atoms with Crippen LogP contribution in [0, 0.1) is 5.41 Å². The van der Waals surface area contributed by atoms with Gasteiger partial charge >= 0.3 is 0 Å². The highest BCUT2D eigenvalue weighted by Crippen LogP contribution is 2.61. The minimum Gasteiger partial charge on any atom is -0.379 e. The Morgan fingerprint density at radius 1 is 1.44 bits per heavy atom. The molecule has 5 heteroatoms. The van der Waals surface area contributed by atoms with E-state index in [1.807, 2.05) is 13.8 Å². The Kier molecular flexibility index (Phi) is 3.30. The molecule has 0 N–H and O–H groups in total. The number of hydrogen-bond acceptors (Lipinski definition) is 2. The fourth-order valence-corrected chi connectivity index (χ4v) is 2.13. The van der Waals surface area contributed by atoms with Crippen LogP contribution in [-0.2, 0) is 9.53 Å². The van der Waals surface area contributed by atoms with E-state index in [1.54, 1.807) is 0 Å². The highest BCUT2D eigenvalue weighted by molar-refractivity contribution is 5.87. The molecule has 100 valence electrons. The van der Waals surface area contributed by atoms with Gasteiger partial charge in [-0.2, -0.15) is 0 Å². The second-order valence-electron chi connectivity index (χ2n) is 5.26. The zero-order valence-electron chi connectivity index (χ0n) is 10.6. The summed E-state index contributed by atoms with van der Waals surface area (Å²) in [6, 6.07) is 0. The van der Waals surface area contributed by atoms with E-state index in [2.05, 4.69) is 5.73 Å². The molecule has 2 fully saturated rings. The lowest BCUT2D eigenvalue weighted by Crippen LogP contribution is -2.37. The molecule has 0 bridgehead atoms. The van der Waals surface area contributed by atoms with Crippen LogP contribution in [0.4, 0.5) is 8.78 Å². The lowest BCUT2D eigenvalue weighted by Gasteiger charge is -2.21. The molecular weight excluding hydrogens is 240 g/mol. The lowest BCUT2D eigenvalue weighted by molar-refractivity contribution is -0.126. The fraction of sp³-hybridized carbons (Fsp3) is 0.692. The van der Waals surface area contributed by atoms with Gasteiger partial charge in [0.25, 0.3) is 11.8 Å². The molecule has 1 heterocycles. The average Bonchev–Trinajstić information content (AvgIpc) is 2.89. The molecule has 0 radical (unpaired) electrons. The number of rotatable bonds is 1. The van der Waals surface area contributed by atoms with E-state index in [9.17, 15) is 13.6 Å². The molecule has 1 aliphatic heterocycles. The van der Waals surface area contributed by atoms with Crippen LogP contribution in [0.2, 0.25) is 0 Å². The number of carbonyl (C=O) groups is 1. The zero-order valence-corrected chi connectivity index (χ0v) is 10.6. The van der Waals surface area contributed by atoms with Crippen molar-refractivity contribution in [2.75, 3.05) is 26.3 Å². The summed E-state index contributed by atoms with van der Waals surface area (Å²) >= 11 is 0. The van der Waals surface area contributed by atoms with Crippen molar-refractivity contribution in [3.05, 3.63) is 17.4 Å². The van der Waals surface area contributed by atoms with E-state index in [1.165, 1.54) is 11.0 Å². The monoisotopic (exact) mass is 257 g/mol. The molecule has 1 atom stereocenters. The number of alkyl halides is 2. The maximum atomic E-state index is 13.4. The maximum absolute atomic E-state index is 13.4. The van der Waals surface area contributed by atoms with Crippen molar-refractivity contribution in [3.8, 4) is 0 Å². The van der Waals surface area contributed by atoms with E-state index in [4.69, 9.17) is 4.74 Å². The summed E-state index contributed by atoms with van der Waals surface area (Å²) in [5.41, 5.74) is 2.52. The molecule has 0 aromatic rings. The number of hydrogen-bond donors (Lipinski definition) is 0. The minimum absolute atomic E-state index is 0.0378. The van der Waals surface area contributed by atoms with Gasteiger partial charge in [0.05, 0.1) is 18.6 Å². The van der Waals surface area contributed by atoms with Crippen molar-refractivity contribution in [2.45, 2.75) is 26.2 Å². The van der Waals surface area contributed by atoms with Crippen molar-refractivity contribution in [1.82, 2.24) is 4.90 Å². The Morgan fingerprint density at radius 3 is 2.67 bits per heavy atom. The number of nitrogens with zero attached hydrogens (tertiary/aromatic N) is 1. The van der Waals surface area contributed by atoms with Gasteiger partial charge in [0.1, 0.15) is 0 Å². The normalized spacial score (nSPS) is 29.4. The minimum atomic E-state index is -2.70. The zero-order chi connectivity index (χ0) is 13.4. The van der Waals surface area contributed by atoms with E-state index in [0.29, 0.717) is 13.2 Å². The molecule has 2 rings (SSSR count). The Balaban J connectivity index is 2.10. The number of amides is 1. The van der Waals surface area contributed by atoms with Crippen molar-refractivity contribution in [1.29, 1.82) is 0 Å². The lowest BCUT2D eigenvalue weighted by atomic mass is 10.1. The molecule has 1 unspecified atom stereocenters. The molecular formula is C13H17F2NO2. The molecule has 1 saturated heterocycles. The molecule has 0 aromatic heterocycles. The van der Waals surface area contributed by atoms with Crippen molar-refractivity contribution >= 4 is 5.91 Å². The van der Waals surface area contributed by atoms with E-state index >= 15 is 0 Å². The molecule has 1 aliphatic carbocycles. The first-order valence-electron chi connectivity index (χ1n) is 6.01. The molecule has 2 aliphatic rings. The molecule has 1 amide bonds. The Bertz CT molecular complexity index is 423. The van der Waals surface area contributed by atoms with Gasteiger partial charge in [-0.05, 0) is 19.4 Å². The first-order chi connectivity index (χ1) is 8.36. The van der Waals surface area contributed by atoms with Gasteiger partial charge in [0, 0.05) is 25.6 Å². The first-order valence-corrected chi connectivity index (χ1v) is 6.01.